The van der Waals surface area contributed by atoms with Crippen molar-refractivity contribution in [1.29, 1.82) is 0 Å². The van der Waals surface area contributed by atoms with Gasteiger partial charge in [-0.15, -0.1) is 0 Å². The van der Waals surface area contributed by atoms with E-state index in [4.69, 9.17) is 5.73 Å². The molecule has 10 heavy (non-hydrogen) atoms. The Kier molecular flexibility index (Phi) is 3.20. The van der Waals surface area contributed by atoms with E-state index >= 15 is 0 Å². The topological polar surface area (TPSA) is 26.0 Å². The Bertz CT molecular complexity index is 90.7. The Labute approximate surface area is 64.0 Å². The molecule has 60 valence electrons. The van der Waals surface area contributed by atoms with Crippen LogP contribution in [-0.4, -0.2) is 6.04 Å². The number of rotatable bonds is 3. The second kappa shape index (κ2) is 3.97. The fourth-order valence-electron chi connectivity index (χ4n) is 1.89. The van der Waals surface area contributed by atoms with E-state index in [1.54, 1.807) is 0 Å². The zero-order chi connectivity index (χ0) is 7.40. The van der Waals surface area contributed by atoms with E-state index in [2.05, 4.69) is 6.92 Å². The maximum absolute atomic E-state index is 5.92. The molecule has 0 bridgehead atoms. The maximum Gasteiger partial charge on any atom is 0.00671 e. The zero-order valence-electron chi connectivity index (χ0n) is 6.97. The first-order valence-corrected chi connectivity index (χ1v) is 4.60. The van der Waals surface area contributed by atoms with Gasteiger partial charge in [-0.25, -0.2) is 0 Å². The van der Waals surface area contributed by atoms with Crippen molar-refractivity contribution in [2.24, 2.45) is 11.7 Å². The van der Waals surface area contributed by atoms with E-state index in [1.165, 1.54) is 38.5 Å². The highest BCUT2D eigenvalue weighted by atomic mass is 14.7. The molecule has 0 aromatic rings. The molecular formula is C9H19N. The first kappa shape index (κ1) is 8.06. The Balaban J connectivity index is 2.14. The first-order chi connectivity index (χ1) is 4.84. The van der Waals surface area contributed by atoms with Crippen LogP contribution >= 0.6 is 0 Å². The minimum atomic E-state index is 0.534. The SMILES string of the molecule is CCCC[C@@H]1CCC[C@@H]1N. The lowest BCUT2D eigenvalue weighted by Gasteiger charge is -2.13. The smallest absolute Gasteiger partial charge is 0.00671 e. The fourth-order valence-corrected chi connectivity index (χ4v) is 1.89. The zero-order valence-corrected chi connectivity index (χ0v) is 6.97. The van der Waals surface area contributed by atoms with Crippen LogP contribution in [-0.2, 0) is 0 Å². The third-order valence-electron chi connectivity index (χ3n) is 2.65. The van der Waals surface area contributed by atoms with E-state index in [0.717, 1.165) is 5.92 Å². The van der Waals surface area contributed by atoms with Crippen molar-refractivity contribution in [3.05, 3.63) is 0 Å². The lowest BCUT2D eigenvalue weighted by atomic mass is 9.98. The van der Waals surface area contributed by atoms with Crippen LogP contribution in [0.5, 0.6) is 0 Å². The van der Waals surface area contributed by atoms with Gasteiger partial charge in [0.15, 0.2) is 0 Å². The highest BCUT2D eigenvalue weighted by molar-refractivity contribution is 4.79. The summed E-state index contributed by atoms with van der Waals surface area (Å²) < 4.78 is 0. The summed E-state index contributed by atoms with van der Waals surface area (Å²) in [7, 11) is 0. The number of hydrogen-bond donors (Lipinski definition) is 1. The van der Waals surface area contributed by atoms with Gasteiger partial charge in [0.2, 0.25) is 0 Å². The minimum Gasteiger partial charge on any atom is -0.327 e. The number of unbranched alkanes of at least 4 members (excludes halogenated alkanes) is 1. The second-order valence-electron chi connectivity index (χ2n) is 3.50. The van der Waals surface area contributed by atoms with Crippen molar-refractivity contribution in [3.8, 4) is 0 Å². The Hall–Kier alpha value is -0.0400. The molecule has 0 saturated heterocycles. The molecule has 1 aliphatic carbocycles. The molecule has 1 fully saturated rings. The summed E-state index contributed by atoms with van der Waals surface area (Å²) in [4.78, 5) is 0. The summed E-state index contributed by atoms with van der Waals surface area (Å²) >= 11 is 0. The molecule has 1 nitrogen and oxygen atoms in total. The third-order valence-corrected chi connectivity index (χ3v) is 2.65. The van der Waals surface area contributed by atoms with Crippen LogP contribution in [0.3, 0.4) is 0 Å². The quantitative estimate of drug-likeness (QED) is 0.641. The maximum atomic E-state index is 5.92. The summed E-state index contributed by atoms with van der Waals surface area (Å²) in [6.07, 6.45) is 8.10. The lowest BCUT2D eigenvalue weighted by Crippen LogP contribution is -2.24. The molecule has 0 spiro atoms. The first-order valence-electron chi connectivity index (χ1n) is 4.60. The third kappa shape index (κ3) is 1.98. The number of nitrogens with two attached hydrogens (primary N) is 1. The van der Waals surface area contributed by atoms with E-state index < -0.39 is 0 Å². The van der Waals surface area contributed by atoms with Crippen LogP contribution in [0.4, 0.5) is 0 Å². The van der Waals surface area contributed by atoms with Crippen molar-refractivity contribution in [2.75, 3.05) is 0 Å². The van der Waals surface area contributed by atoms with Gasteiger partial charge in [-0.05, 0) is 25.2 Å². The van der Waals surface area contributed by atoms with Crippen LogP contribution in [0, 0.1) is 5.92 Å². The van der Waals surface area contributed by atoms with Crippen molar-refractivity contribution in [1.82, 2.24) is 0 Å². The lowest BCUT2D eigenvalue weighted by molar-refractivity contribution is 0.431. The van der Waals surface area contributed by atoms with Gasteiger partial charge < -0.3 is 5.73 Å². The van der Waals surface area contributed by atoms with Crippen molar-refractivity contribution < 1.29 is 0 Å². The average Bonchev–Trinajstić information content (AvgIpc) is 2.31. The van der Waals surface area contributed by atoms with Crippen molar-refractivity contribution in [3.63, 3.8) is 0 Å². The molecular weight excluding hydrogens is 122 g/mol. The summed E-state index contributed by atoms with van der Waals surface area (Å²) in [6, 6.07) is 0.534. The molecule has 1 heteroatoms. The fraction of sp³-hybridized carbons (Fsp3) is 1.00. The molecule has 0 aromatic carbocycles. The van der Waals surface area contributed by atoms with Gasteiger partial charge >= 0.3 is 0 Å². The van der Waals surface area contributed by atoms with Gasteiger partial charge in [0, 0.05) is 6.04 Å². The standard InChI is InChI=1S/C9H19N/c1-2-3-5-8-6-4-7-9(8)10/h8-9H,2-7,10H2,1H3/t8-,9+/m1/s1. The van der Waals surface area contributed by atoms with E-state index in [-0.39, 0.29) is 0 Å². The molecule has 1 aliphatic rings. The highest BCUT2D eigenvalue weighted by Crippen LogP contribution is 2.27. The van der Waals surface area contributed by atoms with Gasteiger partial charge in [0.25, 0.3) is 0 Å². The van der Waals surface area contributed by atoms with Crippen molar-refractivity contribution in [2.45, 2.75) is 51.5 Å². The van der Waals surface area contributed by atoms with E-state index in [1.807, 2.05) is 0 Å². The number of hydrogen-bond acceptors (Lipinski definition) is 1. The molecule has 0 amide bonds. The predicted octanol–water partition coefficient (Wildman–Crippen LogP) is 2.30. The molecule has 1 saturated carbocycles. The van der Waals surface area contributed by atoms with Crippen LogP contribution in [0.15, 0.2) is 0 Å². The summed E-state index contributed by atoms with van der Waals surface area (Å²) in [5.41, 5.74) is 5.92. The molecule has 2 atom stereocenters. The molecule has 1 rings (SSSR count). The minimum absolute atomic E-state index is 0.534. The van der Waals surface area contributed by atoms with Crippen molar-refractivity contribution >= 4 is 0 Å². The van der Waals surface area contributed by atoms with Gasteiger partial charge in [-0.1, -0.05) is 26.2 Å². The molecule has 0 unspecified atom stereocenters. The Morgan fingerprint density at radius 1 is 1.40 bits per heavy atom. The average molecular weight is 141 g/mol. The van der Waals surface area contributed by atoms with Gasteiger partial charge in [-0.2, -0.15) is 0 Å². The Morgan fingerprint density at radius 3 is 2.70 bits per heavy atom. The molecule has 0 aliphatic heterocycles. The predicted molar refractivity (Wildman–Crippen MR) is 44.8 cm³/mol. The highest BCUT2D eigenvalue weighted by Gasteiger charge is 2.22. The molecule has 2 N–H and O–H groups in total. The van der Waals surface area contributed by atoms with E-state index in [0.29, 0.717) is 6.04 Å². The summed E-state index contributed by atoms with van der Waals surface area (Å²) in [5.74, 6) is 0.861. The van der Waals surface area contributed by atoms with Crippen LogP contribution < -0.4 is 5.73 Å². The van der Waals surface area contributed by atoms with Crippen LogP contribution in [0.1, 0.15) is 45.4 Å². The van der Waals surface area contributed by atoms with Crippen LogP contribution in [0.2, 0.25) is 0 Å². The van der Waals surface area contributed by atoms with Crippen LogP contribution in [0.25, 0.3) is 0 Å². The van der Waals surface area contributed by atoms with Gasteiger partial charge in [0.1, 0.15) is 0 Å². The second-order valence-corrected chi connectivity index (χ2v) is 3.50. The molecule has 0 aromatic heterocycles. The monoisotopic (exact) mass is 141 g/mol. The molecule has 0 heterocycles. The van der Waals surface area contributed by atoms with E-state index in [9.17, 15) is 0 Å². The van der Waals surface area contributed by atoms with Gasteiger partial charge in [0.05, 0.1) is 0 Å². The summed E-state index contributed by atoms with van der Waals surface area (Å²) in [5, 5.41) is 0. The summed E-state index contributed by atoms with van der Waals surface area (Å²) in [6.45, 7) is 2.25. The largest absolute Gasteiger partial charge is 0.327 e. The Morgan fingerprint density at radius 2 is 2.20 bits per heavy atom. The normalized spacial score (nSPS) is 33.0. The molecule has 0 radical (unpaired) electrons. The van der Waals surface area contributed by atoms with Gasteiger partial charge in [-0.3, -0.25) is 0 Å².